The minimum Gasteiger partial charge on any atom is -0.328 e. The van der Waals surface area contributed by atoms with Crippen molar-refractivity contribution >= 4 is 44.8 Å². The first kappa shape index (κ1) is 14.8. The predicted molar refractivity (Wildman–Crippen MR) is 65.1 cm³/mol. The molecule has 2 nitrogen and oxygen atoms in total. The molecule has 1 rings (SSSR count). The Kier molecular flexibility index (Phi) is 5.27. The van der Waals surface area contributed by atoms with Crippen molar-refractivity contribution in [3.8, 4) is 0 Å². The van der Waals surface area contributed by atoms with Crippen LogP contribution in [0.4, 0.5) is 13.2 Å². The Balaban J connectivity index is 2.80. The van der Waals surface area contributed by atoms with Gasteiger partial charge < -0.3 is 4.90 Å². The van der Waals surface area contributed by atoms with Crippen LogP contribution in [0.25, 0.3) is 0 Å². The summed E-state index contributed by atoms with van der Waals surface area (Å²) in [4.78, 5) is 12.7. The minimum atomic E-state index is -4.40. The van der Waals surface area contributed by atoms with E-state index >= 15 is 0 Å². The van der Waals surface area contributed by atoms with Crippen LogP contribution in [0.5, 0.6) is 0 Å². The lowest BCUT2D eigenvalue weighted by Gasteiger charge is -2.22. The van der Waals surface area contributed by atoms with E-state index in [1.807, 2.05) is 0 Å². The molecule has 1 amide bonds. The van der Waals surface area contributed by atoms with E-state index in [1.54, 1.807) is 0 Å². The number of hydrogen-bond donors (Lipinski definition) is 0. The molecule has 0 radical (unpaired) electrons. The van der Waals surface area contributed by atoms with Gasteiger partial charge in [-0.3, -0.25) is 4.79 Å². The fourth-order valence-electron chi connectivity index (χ4n) is 1.16. The van der Waals surface area contributed by atoms with Crippen molar-refractivity contribution < 1.29 is 18.0 Å². The molecule has 8 heteroatoms. The molecule has 1 aromatic heterocycles. The second kappa shape index (κ2) is 6.06. The summed E-state index contributed by atoms with van der Waals surface area (Å²) in [6.45, 7) is -1.26. The third-order valence-electron chi connectivity index (χ3n) is 1.80. The third-order valence-corrected chi connectivity index (χ3v) is 3.37. The first-order valence-corrected chi connectivity index (χ1v) is 6.82. The molecule has 0 aliphatic carbocycles. The number of carbonyl (C=O) groups excluding carboxylic acids is 1. The van der Waals surface area contributed by atoms with Gasteiger partial charge in [0, 0.05) is 11.9 Å². The highest BCUT2D eigenvalue weighted by molar-refractivity contribution is 9.09. The minimum absolute atomic E-state index is 0.00609. The maximum absolute atomic E-state index is 12.3. The SMILES string of the molecule is O=C(c1ccc(Cl)s1)N(CCBr)CC(F)(F)F. The van der Waals surface area contributed by atoms with Crippen LogP contribution in [0.2, 0.25) is 4.34 Å². The van der Waals surface area contributed by atoms with Crippen molar-refractivity contribution in [3.63, 3.8) is 0 Å². The van der Waals surface area contributed by atoms with Crippen molar-refractivity contribution in [1.29, 1.82) is 0 Å². The summed E-state index contributed by atoms with van der Waals surface area (Å²) in [5, 5.41) is 0.286. The zero-order chi connectivity index (χ0) is 13.1. The van der Waals surface area contributed by atoms with Crippen LogP contribution in [0, 0.1) is 0 Å². The lowest BCUT2D eigenvalue weighted by molar-refractivity contribution is -0.140. The van der Waals surface area contributed by atoms with Gasteiger partial charge in [0.15, 0.2) is 0 Å². The summed E-state index contributed by atoms with van der Waals surface area (Å²) in [7, 11) is 0. The van der Waals surface area contributed by atoms with Crippen molar-refractivity contribution in [2.45, 2.75) is 6.18 Å². The lowest BCUT2D eigenvalue weighted by atomic mass is 10.3. The zero-order valence-electron chi connectivity index (χ0n) is 8.43. The van der Waals surface area contributed by atoms with E-state index < -0.39 is 18.6 Å². The normalized spacial score (nSPS) is 11.6. The Hall–Kier alpha value is -0.270. The number of halogens is 5. The van der Waals surface area contributed by atoms with Gasteiger partial charge in [-0.1, -0.05) is 27.5 Å². The smallest absolute Gasteiger partial charge is 0.328 e. The van der Waals surface area contributed by atoms with Crippen molar-refractivity contribution in [3.05, 3.63) is 21.3 Å². The van der Waals surface area contributed by atoms with E-state index in [1.165, 1.54) is 12.1 Å². The fraction of sp³-hybridized carbons (Fsp3) is 0.444. The third kappa shape index (κ3) is 4.85. The molecular formula is C9H8BrClF3NOS. The highest BCUT2D eigenvalue weighted by Gasteiger charge is 2.33. The van der Waals surface area contributed by atoms with E-state index in [4.69, 9.17) is 11.6 Å². The molecule has 0 aliphatic heterocycles. The summed E-state index contributed by atoms with van der Waals surface area (Å²) >= 11 is 9.62. The van der Waals surface area contributed by atoms with E-state index in [2.05, 4.69) is 15.9 Å². The Labute approximate surface area is 113 Å². The maximum Gasteiger partial charge on any atom is 0.406 e. The molecule has 0 aromatic carbocycles. The van der Waals surface area contributed by atoms with Gasteiger partial charge in [-0.15, -0.1) is 11.3 Å². The van der Waals surface area contributed by atoms with Crippen LogP contribution in [-0.2, 0) is 0 Å². The first-order chi connectivity index (χ1) is 7.83. The van der Waals surface area contributed by atoms with Crippen LogP contribution in [-0.4, -0.2) is 35.4 Å². The first-order valence-electron chi connectivity index (χ1n) is 4.51. The molecule has 0 fully saturated rings. The van der Waals surface area contributed by atoms with Gasteiger partial charge in [0.2, 0.25) is 0 Å². The average Bonchev–Trinajstić information content (AvgIpc) is 2.61. The van der Waals surface area contributed by atoms with E-state index in [0.29, 0.717) is 4.34 Å². The number of carbonyl (C=O) groups is 1. The van der Waals surface area contributed by atoms with Crippen molar-refractivity contribution in [2.75, 3.05) is 18.4 Å². The molecule has 17 heavy (non-hydrogen) atoms. The Morgan fingerprint density at radius 3 is 2.53 bits per heavy atom. The molecule has 0 atom stereocenters. The predicted octanol–water partition coefficient (Wildman–Crippen LogP) is 3.80. The molecule has 0 saturated carbocycles. The maximum atomic E-state index is 12.3. The Bertz CT molecular complexity index is 396. The van der Waals surface area contributed by atoms with Crippen LogP contribution in [0.3, 0.4) is 0 Å². The second-order valence-electron chi connectivity index (χ2n) is 3.13. The molecule has 1 aromatic rings. The standard InChI is InChI=1S/C9H8BrClF3NOS/c10-3-4-15(5-9(12,13)14)8(16)6-1-2-7(11)17-6/h1-2H,3-5H2. The lowest BCUT2D eigenvalue weighted by Crippen LogP contribution is -2.39. The number of amides is 1. The summed E-state index contributed by atoms with van der Waals surface area (Å²) in [5.74, 6) is -0.654. The van der Waals surface area contributed by atoms with E-state index in [-0.39, 0.29) is 16.8 Å². The molecule has 1 heterocycles. The Morgan fingerprint density at radius 1 is 1.47 bits per heavy atom. The molecule has 0 spiro atoms. The summed E-state index contributed by atoms with van der Waals surface area (Å²) in [5.41, 5.74) is 0. The monoisotopic (exact) mass is 349 g/mol. The fourth-order valence-corrected chi connectivity index (χ4v) is 2.60. The number of thiophene rings is 1. The largest absolute Gasteiger partial charge is 0.406 e. The van der Waals surface area contributed by atoms with Gasteiger partial charge in [-0.2, -0.15) is 13.2 Å². The number of rotatable bonds is 4. The van der Waals surface area contributed by atoms with Crippen molar-refractivity contribution in [1.82, 2.24) is 4.90 Å². The molecule has 0 aliphatic rings. The van der Waals surface area contributed by atoms with Gasteiger partial charge in [-0.25, -0.2) is 0 Å². The zero-order valence-corrected chi connectivity index (χ0v) is 11.6. The van der Waals surface area contributed by atoms with Crippen LogP contribution in [0.1, 0.15) is 9.67 Å². The van der Waals surface area contributed by atoms with Crippen molar-refractivity contribution in [2.24, 2.45) is 0 Å². The molecule has 0 saturated heterocycles. The highest BCUT2D eigenvalue weighted by Crippen LogP contribution is 2.24. The van der Waals surface area contributed by atoms with Gasteiger partial charge in [-0.05, 0) is 12.1 Å². The second-order valence-corrected chi connectivity index (χ2v) is 5.64. The molecule has 0 N–H and O–H groups in total. The van der Waals surface area contributed by atoms with Crippen LogP contribution >= 0.6 is 38.9 Å². The molecule has 0 unspecified atom stereocenters. The average molecular weight is 351 g/mol. The van der Waals surface area contributed by atoms with E-state index in [9.17, 15) is 18.0 Å². The summed E-state index contributed by atoms with van der Waals surface area (Å²) < 4.78 is 37.2. The Morgan fingerprint density at radius 2 is 2.12 bits per heavy atom. The van der Waals surface area contributed by atoms with Gasteiger partial charge in [0.05, 0.1) is 9.21 Å². The highest BCUT2D eigenvalue weighted by atomic mass is 79.9. The summed E-state index contributed by atoms with van der Waals surface area (Å²) in [6.07, 6.45) is -4.40. The molecule has 0 bridgehead atoms. The molecular weight excluding hydrogens is 343 g/mol. The number of alkyl halides is 4. The number of nitrogens with zero attached hydrogens (tertiary/aromatic N) is 1. The summed E-state index contributed by atoms with van der Waals surface area (Å²) in [6, 6.07) is 2.91. The number of hydrogen-bond acceptors (Lipinski definition) is 2. The quantitative estimate of drug-likeness (QED) is 0.756. The van der Waals surface area contributed by atoms with Crippen LogP contribution in [0.15, 0.2) is 12.1 Å². The van der Waals surface area contributed by atoms with Gasteiger partial charge >= 0.3 is 6.18 Å². The molecule has 96 valence electrons. The van der Waals surface area contributed by atoms with Crippen LogP contribution < -0.4 is 0 Å². The van der Waals surface area contributed by atoms with Gasteiger partial charge in [0.25, 0.3) is 5.91 Å². The van der Waals surface area contributed by atoms with Gasteiger partial charge in [0.1, 0.15) is 6.54 Å². The topological polar surface area (TPSA) is 20.3 Å². The van der Waals surface area contributed by atoms with E-state index in [0.717, 1.165) is 16.2 Å².